The van der Waals surface area contributed by atoms with Gasteiger partial charge in [0.05, 0.1) is 0 Å². The third-order valence-corrected chi connectivity index (χ3v) is 0.0962. The van der Waals surface area contributed by atoms with E-state index in [1.807, 2.05) is 0 Å². The van der Waals surface area contributed by atoms with Gasteiger partial charge in [-0.3, -0.25) is 4.79 Å². The summed E-state index contributed by atoms with van der Waals surface area (Å²) in [5.74, 6) is 0.583. The van der Waals surface area contributed by atoms with Crippen molar-refractivity contribution in [3.63, 3.8) is 0 Å². The normalized spacial score (nSPS) is 7.00. The first-order chi connectivity index (χ1) is 3.65. The summed E-state index contributed by atoms with van der Waals surface area (Å²) >= 11 is 0. The SMILES string of the molecule is C=CC=O.[CH2]C(C)C. The van der Waals surface area contributed by atoms with E-state index in [0.29, 0.717) is 12.2 Å². The Balaban J connectivity index is 0. The molecule has 0 aromatic heterocycles. The molecule has 8 heavy (non-hydrogen) atoms. The fourth-order valence-electron chi connectivity index (χ4n) is 0. The molecular weight excluding hydrogens is 100 g/mol. The molecule has 0 aliphatic carbocycles. The van der Waals surface area contributed by atoms with E-state index >= 15 is 0 Å². The minimum atomic E-state index is 0.583. The van der Waals surface area contributed by atoms with Gasteiger partial charge in [0.2, 0.25) is 0 Å². The third-order valence-electron chi connectivity index (χ3n) is 0.0962. The molecule has 0 bridgehead atoms. The van der Waals surface area contributed by atoms with E-state index in [4.69, 9.17) is 4.79 Å². The molecule has 0 fully saturated rings. The minimum Gasteiger partial charge on any atom is -0.299 e. The summed E-state index contributed by atoms with van der Waals surface area (Å²) < 4.78 is 0. The quantitative estimate of drug-likeness (QED) is 0.374. The summed E-state index contributed by atoms with van der Waals surface area (Å²) in [6.07, 6.45) is 1.83. The van der Waals surface area contributed by atoms with Crippen LogP contribution in [-0.4, -0.2) is 6.29 Å². The standard InChI is InChI=1S/C4H9.C3H4O/c1-4(2)3;1-2-3-4/h4H,1H2,2-3H3;2-3H,1H2. The summed E-state index contributed by atoms with van der Waals surface area (Å²) in [5, 5.41) is 0. The van der Waals surface area contributed by atoms with Gasteiger partial charge in [0.1, 0.15) is 6.29 Å². The van der Waals surface area contributed by atoms with Gasteiger partial charge in [-0.05, 0) is 12.0 Å². The van der Waals surface area contributed by atoms with Crippen molar-refractivity contribution in [2.45, 2.75) is 13.8 Å². The number of hydrogen-bond acceptors (Lipinski definition) is 1. The molecule has 1 heteroatoms. The maximum atomic E-state index is 9.06. The van der Waals surface area contributed by atoms with Crippen molar-refractivity contribution >= 4 is 6.29 Å². The molecule has 0 atom stereocenters. The Hall–Kier alpha value is -0.590. The van der Waals surface area contributed by atoms with Crippen LogP contribution in [0.1, 0.15) is 13.8 Å². The Labute approximate surface area is 51.4 Å². The molecule has 1 radical (unpaired) electrons. The summed E-state index contributed by atoms with van der Waals surface area (Å²) in [4.78, 5) is 9.06. The van der Waals surface area contributed by atoms with E-state index in [9.17, 15) is 0 Å². The molecule has 0 aromatic rings. The number of carbonyl (C=O) groups excluding carboxylic acids is 1. The lowest BCUT2D eigenvalue weighted by Gasteiger charge is -1.78. The Bertz CT molecular complexity index is 46.7. The van der Waals surface area contributed by atoms with E-state index in [-0.39, 0.29) is 0 Å². The Kier molecular flexibility index (Phi) is 12.5. The van der Waals surface area contributed by atoms with Crippen molar-refractivity contribution in [3.05, 3.63) is 19.6 Å². The maximum Gasteiger partial charge on any atom is 0.142 e. The lowest BCUT2D eigenvalue weighted by atomic mass is 10.3. The molecule has 0 rings (SSSR count). The molecule has 0 saturated carbocycles. The highest BCUT2D eigenvalue weighted by molar-refractivity contribution is 5.63. The van der Waals surface area contributed by atoms with E-state index in [1.165, 1.54) is 6.08 Å². The Morgan fingerprint density at radius 3 is 1.62 bits per heavy atom. The topological polar surface area (TPSA) is 17.1 Å². The molecule has 0 saturated heterocycles. The fraction of sp³-hybridized carbons (Fsp3) is 0.429. The van der Waals surface area contributed by atoms with E-state index in [0.717, 1.165) is 0 Å². The molecular formula is C7H13O. The number of aldehydes is 1. The number of hydrogen-bond donors (Lipinski definition) is 0. The first kappa shape index (κ1) is 10.4. The lowest BCUT2D eigenvalue weighted by Crippen LogP contribution is -1.67. The van der Waals surface area contributed by atoms with Gasteiger partial charge in [0.15, 0.2) is 0 Å². The molecule has 0 amide bonds. The van der Waals surface area contributed by atoms with Gasteiger partial charge in [0, 0.05) is 0 Å². The molecule has 0 aliphatic heterocycles. The van der Waals surface area contributed by atoms with Gasteiger partial charge in [-0.25, -0.2) is 0 Å². The minimum absolute atomic E-state index is 0.583. The van der Waals surface area contributed by atoms with Crippen molar-refractivity contribution in [2.75, 3.05) is 0 Å². The molecule has 0 aliphatic rings. The molecule has 0 spiro atoms. The van der Waals surface area contributed by atoms with E-state index < -0.39 is 0 Å². The van der Waals surface area contributed by atoms with E-state index in [1.54, 1.807) is 0 Å². The second-order valence-corrected chi connectivity index (χ2v) is 1.77. The molecule has 0 heterocycles. The Morgan fingerprint density at radius 1 is 1.50 bits per heavy atom. The second-order valence-electron chi connectivity index (χ2n) is 1.77. The van der Waals surface area contributed by atoms with Crippen LogP contribution in [0.25, 0.3) is 0 Å². The van der Waals surface area contributed by atoms with Crippen LogP contribution in [0, 0.1) is 12.8 Å². The first-order valence-corrected chi connectivity index (χ1v) is 2.54. The highest BCUT2D eigenvalue weighted by Crippen LogP contribution is 1.80. The fourth-order valence-corrected chi connectivity index (χ4v) is 0. The number of allylic oxidation sites excluding steroid dienone is 1. The molecule has 0 aromatic carbocycles. The van der Waals surface area contributed by atoms with Gasteiger partial charge in [-0.15, -0.1) is 0 Å². The summed E-state index contributed by atoms with van der Waals surface area (Å²) in [6, 6.07) is 0. The summed E-state index contributed by atoms with van der Waals surface area (Å²) in [5.41, 5.74) is 0. The van der Waals surface area contributed by atoms with Crippen LogP contribution in [0.5, 0.6) is 0 Å². The number of rotatable bonds is 1. The number of carbonyl (C=O) groups is 1. The highest BCUT2D eigenvalue weighted by atomic mass is 16.1. The van der Waals surface area contributed by atoms with Crippen LogP contribution in [0.4, 0.5) is 0 Å². The zero-order chi connectivity index (χ0) is 6.99. The van der Waals surface area contributed by atoms with E-state index in [2.05, 4.69) is 27.4 Å². The largest absolute Gasteiger partial charge is 0.299 e. The molecule has 47 valence electrons. The van der Waals surface area contributed by atoms with Crippen LogP contribution in [0.15, 0.2) is 12.7 Å². The van der Waals surface area contributed by atoms with Gasteiger partial charge in [-0.1, -0.05) is 27.4 Å². The predicted octanol–water partition coefficient (Wildman–Crippen LogP) is 1.85. The zero-order valence-electron chi connectivity index (χ0n) is 5.55. The van der Waals surface area contributed by atoms with Crippen LogP contribution < -0.4 is 0 Å². The molecule has 0 N–H and O–H groups in total. The van der Waals surface area contributed by atoms with Crippen molar-refractivity contribution in [2.24, 2.45) is 5.92 Å². The van der Waals surface area contributed by atoms with Crippen LogP contribution in [0.3, 0.4) is 0 Å². The second kappa shape index (κ2) is 9.65. The molecule has 0 unspecified atom stereocenters. The van der Waals surface area contributed by atoms with Crippen LogP contribution in [-0.2, 0) is 4.79 Å². The highest BCUT2D eigenvalue weighted by Gasteiger charge is 1.68. The van der Waals surface area contributed by atoms with Crippen molar-refractivity contribution in [1.82, 2.24) is 0 Å². The van der Waals surface area contributed by atoms with Crippen LogP contribution >= 0.6 is 0 Å². The van der Waals surface area contributed by atoms with Crippen molar-refractivity contribution in [3.8, 4) is 0 Å². The zero-order valence-corrected chi connectivity index (χ0v) is 5.55. The van der Waals surface area contributed by atoms with Crippen molar-refractivity contribution < 1.29 is 4.79 Å². The monoisotopic (exact) mass is 113 g/mol. The lowest BCUT2D eigenvalue weighted by molar-refractivity contribution is -0.104. The summed E-state index contributed by atoms with van der Waals surface area (Å²) in [6.45, 7) is 10.9. The van der Waals surface area contributed by atoms with Gasteiger partial charge < -0.3 is 0 Å². The first-order valence-electron chi connectivity index (χ1n) is 2.54. The molecule has 1 nitrogen and oxygen atoms in total. The third kappa shape index (κ3) is 626. The summed E-state index contributed by atoms with van der Waals surface area (Å²) in [7, 11) is 0. The van der Waals surface area contributed by atoms with Crippen molar-refractivity contribution in [1.29, 1.82) is 0 Å². The van der Waals surface area contributed by atoms with Gasteiger partial charge in [-0.2, -0.15) is 0 Å². The predicted molar refractivity (Wildman–Crippen MR) is 36.5 cm³/mol. The van der Waals surface area contributed by atoms with Gasteiger partial charge in [0.25, 0.3) is 0 Å². The smallest absolute Gasteiger partial charge is 0.142 e. The van der Waals surface area contributed by atoms with Crippen LogP contribution in [0.2, 0.25) is 0 Å². The van der Waals surface area contributed by atoms with Gasteiger partial charge >= 0.3 is 0 Å². The Morgan fingerprint density at radius 2 is 1.62 bits per heavy atom. The maximum absolute atomic E-state index is 9.06. The average Bonchev–Trinajstić information content (AvgIpc) is 1.65. The average molecular weight is 113 g/mol.